The predicted molar refractivity (Wildman–Crippen MR) is 62.2 cm³/mol. The van der Waals surface area contributed by atoms with E-state index in [1.54, 1.807) is 18.3 Å². The zero-order valence-corrected chi connectivity index (χ0v) is 9.25. The summed E-state index contributed by atoms with van der Waals surface area (Å²) in [6.45, 7) is 0. The highest BCUT2D eigenvalue weighted by molar-refractivity contribution is 5.79. The number of carboxylic acid groups (broad SMARTS) is 1. The molecule has 1 aromatic carbocycles. The van der Waals surface area contributed by atoms with Gasteiger partial charge in [-0.2, -0.15) is 0 Å². The Hall–Kier alpha value is -2.27. The van der Waals surface area contributed by atoms with Gasteiger partial charge in [0.2, 0.25) is 0 Å². The van der Waals surface area contributed by atoms with Gasteiger partial charge in [0.05, 0.1) is 0 Å². The summed E-state index contributed by atoms with van der Waals surface area (Å²) >= 11 is 0. The molecule has 0 amide bonds. The number of pyridine rings is 1. The van der Waals surface area contributed by atoms with E-state index in [2.05, 4.69) is 4.98 Å². The zero-order chi connectivity index (χ0) is 13.1. The van der Waals surface area contributed by atoms with Crippen LogP contribution in [-0.2, 0) is 4.79 Å². The van der Waals surface area contributed by atoms with E-state index in [4.69, 9.17) is 5.11 Å². The summed E-state index contributed by atoms with van der Waals surface area (Å²) in [5.74, 6) is -2.02. The van der Waals surface area contributed by atoms with Crippen molar-refractivity contribution in [2.24, 2.45) is 0 Å². The van der Waals surface area contributed by atoms with Crippen molar-refractivity contribution in [3.8, 4) is 11.1 Å². The lowest BCUT2D eigenvalue weighted by Crippen LogP contribution is -2.12. The highest BCUT2D eigenvalue weighted by Gasteiger charge is 2.20. The van der Waals surface area contributed by atoms with Crippen LogP contribution in [0, 0.1) is 5.82 Å². The number of aromatic nitrogens is 1. The van der Waals surface area contributed by atoms with Gasteiger partial charge >= 0.3 is 5.97 Å². The van der Waals surface area contributed by atoms with Crippen molar-refractivity contribution < 1.29 is 19.4 Å². The van der Waals surface area contributed by atoms with E-state index in [1.807, 2.05) is 0 Å². The maximum atomic E-state index is 13.2. The second-order valence-electron chi connectivity index (χ2n) is 3.71. The Morgan fingerprint density at radius 3 is 2.72 bits per heavy atom. The first-order chi connectivity index (χ1) is 8.59. The Kier molecular flexibility index (Phi) is 3.34. The average Bonchev–Trinajstić information content (AvgIpc) is 2.38. The number of benzene rings is 1. The lowest BCUT2D eigenvalue weighted by Gasteiger charge is -2.12. The third-order valence-electron chi connectivity index (χ3n) is 2.51. The molecule has 0 spiro atoms. The quantitative estimate of drug-likeness (QED) is 0.870. The summed E-state index contributed by atoms with van der Waals surface area (Å²) in [5.41, 5.74) is 1.07. The molecule has 0 fully saturated rings. The topological polar surface area (TPSA) is 70.4 Å². The van der Waals surface area contributed by atoms with Crippen LogP contribution in [-0.4, -0.2) is 21.2 Å². The van der Waals surface area contributed by atoms with Gasteiger partial charge in [-0.25, -0.2) is 9.18 Å². The van der Waals surface area contributed by atoms with E-state index in [0.29, 0.717) is 11.1 Å². The van der Waals surface area contributed by atoms with Crippen molar-refractivity contribution in [1.29, 1.82) is 0 Å². The number of carboxylic acids is 1. The minimum absolute atomic E-state index is 0.00972. The minimum atomic E-state index is -1.77. The molecule has 0 aliphatic carbocycles. The molecule has 18 heavy (non-hydrogen) atoms. The molecule has 0 aliphatic rings. The molecule has 0 radical (unpaired) electrons. The zero-order valence-electron chi connectivity index (χ0n) is 9.25. The number of hydrogen-bond donors (Lipinski definition) is 2. The number of rotatable bonds is 3. The van der Waals surface area contributed by atoms with Crippen molar-refractivity contribution in [1.82, 2.24) is 4.98 Å². The first kappa shape index (κ1) is 12.2. The van der Waals surface area contributed by atoms with E-state index in [0.717, 1.165) is 6.07 Å². The fourth-order valence-electron chi connectivity index (χ4n) is 1.68. The van der Waals surface area contributed by atoms with Gasteiger partial charge in [0.15, 0.2) is 6.10 Å². The second-order valence-corrected chi connectivity index (χ2v) is 3.71. The van der Waals surface area contributed by atoms with Crippen LogP contribution < -0.4 is 0 Å². The molecular weight excluding hydrogens is 237 g/mol. The van der Waals surface area contributed by atoms with E-state index in [9.17, 15) is 14.3 Å². The molecule has 0 saturated carbocycles. The Labute approximate surface area is 102 Å². The summed E-state index contributed by atoms with van der Waals surface area (Å²) in [5, 5.41) is 18.4. The number of nitrogens with zero attached hydrogens (tertiary/aromatic N) is 1. The van der Waals surface area contributed by atoms with Gasteiger partial charge in [-0.3, -0.25) is 4.98 Å². The van der Waals surface area contributed by atoms with Crippen LogP contribution in [0.5, 0.6) is 0 Å². The van der Waals surface area contributed by atoms with Gasteiger partial charge < -0.3 is 10.2 Å². The monoisotopic (exact) mass is 247 g/mol. The molecule has 0 saturated heterocycles. The maximum Gasteiger partial charge on any atom is 0.337 e. The van der Waals surface area contributed by atoms with Gasteiger partial charge in [-0.05, 0) is 23.8 Å². The Morgan fingerprint density at radius 2 is 2.11 bits per heavy atom. The van der Waals surface area contributed by atoms with Crippen LogP contribution in [0.25, 0.3) is 11.1 Å². The number of aliphatic hydroxyl groups excluding tert-OH is 1. The van der Waals surface area contributed by atoms with E-state index < -0.39 is 17.9 Å². The molecule has 2 N–H and O–H groups in total. The highest BCUT2D eigenvalue weighted by Crippen LogP contribution is 2.28. The van der Waals surface area contributed by atoms with Gasteiger partial charge in [-0.1, -0.05) is 12.1 Å². The second kappa shape index (κ2) is 4.93. The minimum Gasteiger partial charge on any atom is -0.479 e. The number of aliphatic hydroxyl groups is 1. The lowest BCUT2D eigenvalue weighted by atomic mass is 9.97. The fourth-order valence-corrected chi connectivity index (χ4v) is 1.68. The lowest BCUT2D eigenvalue weighted by molar-refractivity contribution is -0.146. The van der Waals surface area contributed by atoms with E-state index >= 15 is 0 Å². The summed E-state index contributed by atoms with van der Waals surface area (Å²) in [6.07, 6.45) is 1.32. The molecule has 1 unspecified atom stereocenters. The molecule has 5 heteroatoms. The van der Waals surface area contributed by atoms with Gasteiger partial charge in [0.25, 0.3) is 0 Å². The molecule has 92 valence electrons. The first-order valence-corrected chi connectivity index (χ1v) is 5.20. The van der Waals surface area contributed by atoms with Gasteiger partial charge in [0, 0.05) is 23.5 Å². The van der Waals surface area contributed by atoms with Crippen molar-refractivity contribution in [3.63, 3.8) is 0 Å². The fraction of sp³-hybridized carbons (Fsp3) is 0.0769. The first-order valence-electron chi connectivity index (χ1n) is 5.20. The van der Waals surface area contributed by atoms with Crippen LogP contribution >= 0.6 is 0 Å². The Morgan fingerprint density at radius 1 is 1.33 bits per heavy atom. The van der Waals surface area contributed by atoms with E-state index in [-0.39, 0.29) is 5.56 Å². The van der Waals surface area contributed by atoms with Crippen molar-refractivity contribution in [2.75, 3.05) is 0 Å². The SMILES string of the molecule is O=C(O)C(O)c1cc(F)ccc1-c1cccnc1. The normalized spacial score (nSPS) is 12.1. The maximum absolute atomic E-state index is 13.2. The third-order valence-corrected chi connectivity index (χ3v) is 2.51. The Balaban J connectivity index is 2.57. The van der Waals surface area contributed by atoms with Crippen molar-refractivity contribution in [3.05, 3.63) is 54.1 Å². The average molecular weight is 247 g/mol. The molecule has 2 rings (SSSR count). The van der Waals surface area contributed by atoms with Crippen LogP contribution in [0.3, 0.4) is 0 Å². The molecule has 1 aromatic heterocycles. The molecule has 1 heterocycles. The Bertz CT molecular complexity index is 572. The number of halogens is 1. The number of carbonyl (C=O) groups is 1. The molecule has 4 nitrogen and oxygen atoms in total. The molecule has 0 bridgehead atoms. The molecule has 2 aromatic rings. The van der Waals surface area contributed by atoms with Crippen molar-refractivity contribution >= 4 is 5.97 Å². The van der Waals surface area contributed by atoms with Crippen LogP contribution in [0.1, 0.15) is 11.7 Å². The highest BCUT2D eigenvalue weighted by atomic mass is 19.1. The standard InChI is InChI=1S/C13H10FNO3/c14-9-3-4-10(8-2-1-5-15-7-8)11(6-9)12(16)13(17)18/h1-7,12,16H,(H,17,18). The third kappa shape index (κ3) is 2.36. The summed E-state index contributed by atoms with van der Waals surface area (Å²) in [4.78, 5) is 14.7. The van der Waals surface area contributed by atoms with Crippen LogP contribution in [0.4, 0.5) is 4.39 Å². The summed E-state index contributed by atoms with van der Waals surface area (Å²) in [7, 11) is 0. The molecule has 1 atom stereocenters. The number of hydrogen-bond acceptors (Lipinski definition) is 3. The largest absolute Gasteiger partial charge is 0.479 e. The van der Waals surface area contributed by atoms with Gasteiger partial charge in [-0.15, -0.1) is 0 Å². The van der Waals surface area contributed by atoms with Crippen LogP contribution in [0.2, 0.25) is 0 Å². The molecule has 0 aliphatic heterocycles. The van der Waals surface area contributed by atoms with Gasteiger partial charge in [0.1, 0.15) is 5.82 Å². The van der Waals surface area contributed by atoms with Crippen molar-refractivity contribution in [2.45, 2.75) is 6.10 Å². The number of aliphatic carboxylic acids is 1. The van der Waals surface area contributed by atoms with E-state index in [1.165, 1.54) is 18.3 Å². The molecular formula is C13H10FNO3. The summed E-state index contributed by atoms with van der Waals surface area (Å²) in [6, 6.07) is 7.03. The summed E-state index contributed by atoms with van der Waals surface area (Å²) < 4.78 is 13.2. The predicted octanol–water partition coefficient (Wildman–Crippen LogP) is 2.01. The smallest absolute Gasteiger partial charge is 0.337 e. The van der Waals surface area contributed by atoms with Crippen LogP contribution in [0.15, 0.2) is 42.7 Å².